The molecule has 0 unspecified atom stereocenters. The molecule has 2 aromatic carbocycles. The number of hydrogen-bond acceptors (Lipinski definition) is 3. The van der Waals surface area contributed by atoms with E-state index in [4.69, 9.17) is 35.4 Å². The van der Waals surface area contributed by atoms with Gasteiger partial charge < -0.3 is 10.6 Å². The summed E-state index contributed by atoms with van der Waals surface area (Å²) in [5.41, 5.74) is 1.38. The quantitative estimate of drug-likeness (QED) is 0.645. The van der Waals surface area contributed by atoms with E-state index in [2.05, 4.69) is 16.0 Å². The van der Waals surface area contributed by atoms with Gasteiger partial charge >= 0.3 is 0 Å². The lowest BCUT2D eigenvalue weighted by molar-refractivity contribution is 0.0951. The van der Waals surface area contributed by atoms with Gasteiger partial charge in [-0.25, -0.2) is 0 Å². The lowest BCUT2D eigenvalue weighted by Gasteiger charge is -2.11. The summed E-state index contributed by atoms with van der Waals surface area (Å²) in [6.07, 6.45) is 0.854. The number of halogens is 2. The van der Waals surface area contributed by atoms with Gasteiger partial charge in [0.1, 0.15) is 0 Å². The van der Waals surface area contributed by atoms with Gasteiger partial charge in [-0.05, 0) is 55.0 Å². The fourth-order valence-electron chi connectivity index (χ4n) is 2.10. The number of hydrogen-bond donors (Lipinski definition) is 3. The second-order valence-corrected chi connectivity index (χ2v) is 6.68. The van der Waals surface area contributed by atoms with Crippen LogP contribution in [0.3, 0.4) is 0 Å². The van der Waals surface area contributed by atoms with E-state index in [0.29, 0.717) is 33.4 Å². The number of rotatable bonds is 5. The maximum absolute atomic E-state index is 12.2. The average molecular weight is 410 g/mol. The highest BCUT2D eigenvalue weighted by Crippen LogP contribution is 2.19. The van der Waals surface area contributed by atoms with E-state index in [0.717, 1.165) is 6.42 Å². The molecule has 0 bridgehead atoms. The Morgan fingerprint density at radius 1 is 1.00 bits per heavy atom. The van der Waals surface area contributed by atoms with Crippen LogP contribution in [0.4, 0.5) is 5.69 Å². The molecule has 0 aliphatic carbocycles. The Balaban J connectivity index is 2.01. The van der Waals surface area contributed by atoms with Crippen molar-refractivity contribution in [3.05, 3.63) is 63.6 Å². The van der Waals surface area contributed by atoms with E-state index in [1.807, 2.05) is 6.92 Å². The first-order valence-electron chi connectivity index (χ1n) is 7.85. The predicted octanol–water partition coefficient (Wildman–Crippen LogP) is 4.26. The van der Waals surface area contributed by atoms with Crippen LogP contribution >= 0.6 is 35.4 Å². The zero-order valence-electron chi connectivity index (χ0n) is 13.9. The normalized spacial score (nSPS) is 10.1. The van der Waals surface area contributed by atoms with Gasteiger partial charge in [0, 0.05) is 33.4 Å². The van der Waals surface area contributed by atoms with Crippen molar-refractivity contribution >= 4 is 58.0 Å². The third-order valence-corrected chi connectivity index (χ3v) is 3.91. The summed E-state index contributed by atoms with van der Waals surface area (Å²) in [5, 5.41) is 9.02. The largest absolute Gasteiger partial charge is 0.352 e. The van der Waals surface area contributed by atoms with Crippen molar-refractivity contribution in [3.63, 3.8) is 0 Å². The van der Waals surface area contributed by atoms with Crippen molar-refractivity contribution in [1.29, 1.82) is 0 Å². The first kappa shape index (κ1) is 20.2. The van der Waals surface area contributed by atoms with Gasteiger partial charge in [-0.2, -0.15) is 0 Å². The number of benzene rings is 2. The molecule has 3 N–H and O–H groups in total. The van der Waals surface area contributed by atoms with Gasteiger partial charge in [0.25, 0.3) is 11.8 Å². The maximum atomic E-state index is 12.2. The van der Waals surface area contributed by atoms with E-state index in [1.165, 1.54) is 18.2 Å². The molecule has 0 heterocycles. The zero-order valence-corrected chi connectivity index (χ0v) is 16.3. The number of carbonyl (C=O) groups is 2. The van der Waals surface area contributed by atoms with Crippen LogP contribution < -0.4 is 16.0 Å². The molecule has 8 heteroatoms. The SMILES string of the molecule is CCCNC(=O)c1cccc(NC(=S)NC(=O)c2cc(Cl)cc(Cl)c2)c1. The third kappa shape index (κ3) is 5.98. The van der Waals surface area contributed by atoms with Crippen molar-refractivity contribution in [1.82, 2.24) is 10.6 Å². The van der Waals surface area contributed by atoms with Gasteiger partial charge in [0.15, 0.2) is 5.11 Å². The fourth-order valence-corrected chi connectivity index (χ4v) is 2.84. The average Bonchev–Trinajstić information content (AvgIpc) is 2.58. The van der Waals surface area contributed by atoms with E-state index in [-0.39, 0.29) is 11.0 Å². The van der Waals surface area contributed by atoms with Crippen LogP contribution in [0.1, 0.15) is 34.1 Å². The smallest absolute Gasteiger partial charge is 0.257 e. The summed E-state index contributed by atoms with van der Waals surface area (Å²) in [6, 6.07) is 11.3. The molecule has 2 amide bonds. The molecule has 5 nitrogen and oxygen atoms in total. The standard InChI is InChI=1S/C18H17Cl2N3O2S/c1-2-6-21-16(24)11-4-3-5-15(9-11)22-18(26)23-17(25)12-7-13(19)10-14(20)8-12/h3-5,7-10H,2,6H2,1H3,(H,21,24)(H2,22,23,25,26). The Labute approximate surface area is 167 Å². The number of thiocarbonyl (C=S) groups is 1. The second kappa shape index (κ2) is 9.52. The summed E-state index contributed by atoms with van der Waals surface area (Å²) in [6.45, 7) is 2.58. The number of nitrogens with one attached hydrogen (secondary N) is 3. The Hall–Kier alpha value is -2.15. The van der Waals surface area contributed by atoms with Gasteiger partial charge in [0.2, 0.25) is 0 Å². The molecule has 136 valence electrons. The van der Waals surface area contributed by atoms with Crippen molar-refractivity contribution in [2.75, 3.05) is 11.9 Å². The Bertz CT molecular complexity index is 823. The zero-order chi connectivity index (χ0) is 19.1. The van der Waals surface area contributed by atoms with E-state index < -0.39 is 5.91 Å². The molecule has 2 rings (SSSR count). The minimum Gasteiger partial charge on any atom is -0.352 e. The minimum atomic E-state index is -0.441. The summed E-state index contributed by atoms with van der Waals surface area (Å²) in [5.74, 6) is -0.609. The van der Waals surface area contributed by atoms with Crippen LogP contribution in [0.15, 0.2) is 42.5 Å². The van der Waals surface area contributed by atoms with Gasteiger partial charge in [0.05, 0.1) is 0 Å². The van der Waals surface area contributed by atoms with Crippen molar-refractivity contribution in [2.45, 2.75) is 13.3 Å². The Morgan fingerprint density at radius 3 is 2.35 bits per heavy atom. The lowest BCUT2D eigenvalue weighted by Crippen LogP contribution is -2.34. The van der Waals surface area contributed by atoms with Crippen molar-refractivity contribution < 1.29 is 9.59 Å². The second-order valence-electron chi connectivity index (χ2n) is 5.40. The van der Waals surface area contributed by atoms with Gasteiger partial charge in [-0.15, -0.1) is 0 Å². The van der Waals surface area contributed by atoms with Crippen molar-refractivity contribution in [2.24, 2.45) is 0 Å². The highest BCUT2D eigenvalue weighted by Gasteiger charge is 2.11. The third-order valence-electron chi connectivity index (χ3n) is 3.27. The van der Waals surface area contributed by atoms with E-state index in [9.17, 15) is 9.59 Å². The molecule has 0 spiro atoms. The topological polar surface area (TPSA) is 70.2 Å². The molecular weight excluding hydrogens is 393 g/mol. The Morgan fingerprint density at radius 2 is 1.69 bits per heavy atom. The predicted molar refractivity (Wildman–Crippen MR) is 109 cm³/mol. The summed E-state index contributed by atoms with van der Waals surface area (Å²) >= 11 is 16.9. The molecule has 26 heavy (non-hydrogen) atoms. The first-order chi connectivity index (χ1) is 12.4. The van der Waals surface area contributed by atoms with Crippen molar-refractivity contribution in [3.8, 4) is 0 Å². The molecule has 0 aliphatic rings. The van der Waals surface area contributed by atoms with Crippen LogP contribution in [0, 0.1) is 0 Å². The number of carbonyl (C=O) groups excluding carboxylic acids is 2. The minimum absolute atomic E-state index is 0.0946. The molecule has 0 fully saturated rings. The van der Waals surface area contributed by atoms with Gasteiger partial charge in [-0.1, -0.05) is 36.2 Å². The highest BCUT2D eigenvalue weighted by molar-refractivity contribution is 7.80. The van der Waals surface area contributed by atoms with Crippen LogP contribution in [-0.4, -0.2) is 23.5 Å². The van der Waals surface area contributed by atoms with E-state index >= 15 is 0 Å². The summed E-state index contributed by atoms with van der Waals surface area (Å²) in [7, 11) is 0. The van der Waals surface area contributed by atoms with E-state index in [1.54, 1.807) is 24.3 Å². The maximum Gasteiger partial charge on any atom is 0.257 e. The first-order valence-corrected chi connectivity index (χ1v) is 9.02. The molecule has 0 aromatic heterocycles. The monoisotopic (exact) mass is 409 g/mol. The highest BCUT2D eigenvalue weighted by atomic mass is 35.5. The lowest BCUT2D eigenvalue weighted by atomic mass is 10.2. The molecular formula is C18H17Cl2N3O2S. The molecule has 0 saturated heterocycles. The molecule has 0 atom stereocenters. The summed E-state index contributed by atoms with van der Waals surface area (Å²) in [4.78, 5) is 24.2. The molecule has 0 radical (unpaired) electrons. The fraction of sp³-hybridized carbons (Fsp3) is 0.167. The van der Waals surface area contributed by atoms with Gasteiger partial charge in [-0.3, -0.25) is 14.9 Å². The number of amides is 2. The summed E-state index contributed by atoms with van der Waals surface area (Å²) < 4.78 is 0. The Kier molecular flexibility index (Phi) is 7.38. The molecule has 0 aliphatic heterocycles. The van der Waals surface area contributed by atoms with Crippen LogP contribution in [0.25, 0.3) is 0 Å². The van der Waals surface area contributed by atoms with Crippen LogP contribution in [-0.2, 0) is 0 Å². The van der Waals surface area contributed by atoms with Crippen LogP contribution in [0.2, 0.25) is 10.0 Å². The number of anilines is 1. The van der Waals surface area contributed by atoms with Crippen LogP contribution in [0.5, 0.6) is 0 Å². The molecule has 0 saturated carbocycles. The molecule has 2 aromatic rings.